The van der Waals surface area contributed by atoms with Gasteiger partial charge in [-0.3, -0.25) is 4.79 Å². The molecule has 74 valence electrons. The Kier molecular flexibility index (Phi) is 2.23. The largest absolute Gasteiger partial charge is 0.469 e. The van der Waals surface area contributed by atoms with Gasteiger partial charge in [0.25, 0.3) is 0 Å². The lowest BCUT2D eigenvalue weighted by Gasteiger charge is -2.09. The Labute approximate surface area is 81.7 Å². The Morgan fingerprint density at radius 3 is 2.86 bits per heavy atom. The fraction of sp³-hybridized carbons (Fsp3) is 0.364. The maximum absolute atomic E-state index is 13.7. The lowest BCUT2D eigenvalue weighted by molar-refractivity contribution is -0.147. The smallest absolute Gasteiger partial charge is 0.312 e. The Morgan fingerprint density at radius 2 is 2.21 bits per heavy atom. The number of esters is 1. The lowest BCUT2D eigenvalue weighted by Crippen LogP contribution is -2.18. The number of hydrogen-bond donors (Lipinski definition) is 0. The molecule has 0 saturated heterocycles. The van der Waals surface area contributed by atoms with Crippen molar-refractivity contribution in [1.29, 1.82) is 0 Å². The normalized spacial score (nSPS) is 24.4. The standard InChI is InChI=1S/C11H11FO2/c1-14-11(13)9-6-7-4-2-3-5-8(7)10(9)12/h2-5,9-10H,6H2,1H3/t9-,10+/m0/s1. The van der Waals surface area contributed by atoms with Crippen molar-refractivity contribution < 1.29 is 13.9 Å². The first kappa shape index (κ1) is 9.19. The summed E-state index contributed by atoms with van der Waals surface area (Å²) in [5, 5.41) is 0. The molecule has 0 N–H and O–H groups in total. The summed E-state index contributed by atoms with van der Waals surface area (Å²) in [7, 11) is 1.29. The van der Waals surface area contributed by atoms with Crippen molar-refractivity contribution in [2.75, 3.05) is 7.11 Å². The number of hydrogen-bond acceptors (Lipinski definition) is 2. The van der Waals surface area contributed by atoms with Crippen LogP contribution in [0.5, 0.6) is 0 Å². The van der Waals surface area contributed by atoms with Gasteiger partial charge in [0.1, 0.15) is 6.17 Å². The second-order valence-electron chi connectivity index (χ2n) is 3.43. The van der Waals surface area contributed by atoms with Crippen molar-refractivity contribution >= 4 is 5.97 Å². The molecule has 2 atom stereocenters. The molecule has 0 fully saturated rings. The average molecular weight is 194 g/mol. The Balaban J connectivity index is 2.30. The van der Waals surface area contributed by atoms with Gasteiger partial charge in [0.15, 0.2) is 0 Å². The second kappa shape index (κ2) is 3.40. The molecule has 0 aliphatic heterocycles. The maximum atomic E-state index is 13.7. The molecule has 3 heteroatoms. The predicted octanol–water partition coefficient (Wildman–Crippen LogP) is 2.04. The molecule has 2 nitrogen and oxygen atoms in total. The predicted molar refractivity (Wildman–Crippen MR) is 49.5 cm³/mol. The van der Waals surface area contributed by atoms with E-state index in [0.29, 0.717) is 12.0 Å². The highest BCUT2D eigenvalue weighted by atomic mass is 19.1. The van der Waals surface area contributed by atoms with E-state index in [1.165, 1.54) is 7.11 Å². The van der Waals surface area contributed by atoms with Crippen LogP contribution < -0.4 is 0 Å². The van der Waals surface area contributed by atoms with Gasteiger partial charge in [-0.05, 0) is 17.5 Å². The summed E-state index contributed by atoms with van der Waals surface area (Å²) in [4.78, 5) is 11.2. The van der Waals surface area contributed by atoms with Gasteiger partial charge < -0.3 is 4.74 Å². The van der Waals surface area contributed by atoms with Crippen LogP contribution in [0.25, 0.3) is 0 Å². The quantitative estimate of drug-likeness (QED) is 0.639. The summed E-state index contributed by atoms with van der Waals surface area (Å²) in [5.41, 5.74) is 1.54. The number of methoxy groups -OCH3 is 1. The molecule has 0 unspecified atom stereocenters. The Morgan fingerprint density at radius 1 is 1.50 bits per heavy atom. The SMILES string of the molecule is COC(=O)[C@H]1Cc2ccccc2[C@H]1F. The van der Waals surface area contributed by atoms with Gasteiger partial charge in [-0.15, -0.1) is 0 Å². The number of ether oxygens (including phenoxy) is 1. The van der Waals surface area contributed by atoms with E-state index in [-0.39, 0.29) is 0 Å². The van der Waals surface area contributed by atoms with Gasteiger partial charge >= 0.3 is 5.97 Å². The van der Waals surface area contributed by atoms with Gasteiger partial charge in [-0.2, -0.15) is 0 Å². The Hall–Kier alpha value is -1.38. The molecule has 1 aliphatic carbocycles. The topological polar surface area (TPSA) is 26.3 Å². The van der Waals surface area contributed by atoms with E-state index in [2.05, 4.69) is 4.74 Å². The second-order valence-corrected chi connectivity index (χ2v) is 3.43. The highest BCUT2D eigenvalue weighted by molar-refractivity contribution is 5.75. The summed E-state index contributed by atoms with van der Waals surface area (Å²) < 4.78 is 18.3. The molecule has 0 bridgehead atoms. The van der Waals surface area contributed by atoms with E-state index in [9.17, 15) is 9.18 Å². The van der Waals surface area contributed by atoms with E-state index in [1.54, 1.807) is 12.1 Å². The molecule has 1 aliphatic rings. The van der Waals surface area contributed by atoms with Crippen LogP contribution in [0, 0.1) is 5.92 Å². The van der Waals surface area contributed by atoms with Crippen molar-refractivity contribution in [2.24, 2.45) is 5.92 Å². The molecule has 0 aromatic heterocycles. The van der Waals surface area contributed by atoms with Crippen molar-refractivity contribution in [1.82, 2.24) is 0 Å². The number of halogens is 1. The van der Waals surface area contributed by atoms with E-state index in [4.69, 9.17) is 0 Å². The molecule has 2 rings (SSSR count). The number of fused-ring (bicyclic) bond motifs is 1. The van der Waals surface area contributed by atoms with Gasteiger partial charge in [-0.25, -0.2) is 4.39 Å². The minimum absolute atomic E-state index is 0.448. The zero-order valence-electron chi connectivity index (χ0n) is 7.87. The van der Waals surface area contributed by atoms with Crippen molar-refractivity contribution in [3.8, 4) is 0 Å². The Bertz CT molecular complexity index is 362. The fourth-order valence-electron chi connectivity index (χ4n) is 1.90. The van der Waals surface area contributed by atoms with Crippen LogP contribution in [0.15, 0.2) is 24.3 Å². The van der Waals surface area contributed by atoms with Crippen molar-refractivity contribution in [3.63, 3.8) is 0 Å². The minimum atomic E-state index is -1.21. The molecule has 0 heterocycles. The van der Waals surface area contributed by atoms with Crippen LogP contribution in [0.2, 0.25) is 0 Å². The number of rotatable bonds is 1. The zero-order chi connectivity index (χ0) is 10.1. The monoisotopic (exact) mass is 194 g/mol. The van der Waals surface area contributed by atoms with Crippen LogP contribution in [0.1, 0.15) is 17.3 Å². The highest BCUT2D eigenvalue weighted by Gasteiger charge is 2.37. The van der Waals surface area contributed by atoms with Crippen LogP contribution in [0.4, 0.5) is 4.39 Å². The third kappa shape index (κ3) is 1.29. The van der Waals surface area contributed by atoms with Gasteiger partial charge in [0, 0.05) is 0 Å². The molecule has 14 heavy (non-hydrogen) atoms. The molecule has 0 saturated carbocycles. The van der Waals surface area contributed by atoms with Crippen LogP contribution >= 0.6 is 0 Å². The van der Waals surface area contributed by atoms with Crippen molar-refractivity contribution in [3.05, 3.63) is 35.4 Å². The molecular weight excluding hydrogens is 183 g/mol. The molecule has 1 aromatic carbocycles. The third-order valence-corrected chi connectivity index (χ3v) is 2.65. The average Bonchev–Trinajstić information content (AvgIpc) is 2.56. The van der Waals surface area contributed by atoms with E-state index in [0.717, 1.165) is 5.56 Å². The zero-order valence-corrected chi connectivity index (χ0v) is 7.87. The van der Waals surface area contributed by atoms with Crippen LogP contribution in [-0.4, -0.2) is 13.1 Å². The van der Waals surface area contributed by atoms with Gasteiger partial charge in [0.05, 0.1) is 13.0 Å². The van der Waals surface area contributed by atoms with E-state index >= 15 is 0 Å². The third-order valence-electron chi connectivity index (χ3n) is 2.65. The number of carbonyl (C=O) groups excluding carboxylic acids is 1. The number of carbonyl (C=O) groups is 1. The summed E-state index contributed by atoms with van der Waals surface area (Å²) in [6.45, 7) is 0. The first-order valence-electron chi connectivity index (χ1n) is 4.53. The lowest BCUT2D eigenvalue weighted by atomic mass is 10.1. The molecule has 0 radical (unpaired) electrons. The molecule has 0 spiro atoms. The molecular formula is C11H11FO2. The highest BCUT2D eigenvalue weighted by Crippen LogP contribution is 2.39. The maximum Gasteiger partial charge on any atom is 0.312 e. The van der Waals surface area contributed by atoms with Crippen LogP contribution in [-0.2, 0) is 16.0 Å². The van der Waals surface area contributed by atoms with Gasteiger partial charge in [0.2, 0.25) is 0 Å². The van der Waals surface area contributed by atoms with Crippen LogP contribution in [0.3, 0.4) is 0 Å². The molecule has 1 aromatic rings. The molecule has 0 amide bonds. The summed E-state index contributed by atoms with van der Waals surface area (Å²) >= 11 is 0. The number of benzene rings is 1. The fourth-order valence-corrected chi connectivity index (χ4v) is 1.90. The summed E-state index contributed by atoms with van der Waals surface area (Å²) in [6.07, 6.45) is -0.761. The summed E-state index contributed by atoms with van der Waals surface area (Å²) in [5.74, 6) is -1.12. The number of alkyl halides is 1. The first-order valence-corrected chi connectivity index (χ1v) is 4.53. The van der Waals surface area contributed by atoms with Gasteiger partial charge in [-0.1, -0.05) is 24.3 Å². The minimum Gasteiger partial charge on any atom is -0.469 e. The van der Waals surface area contributed by atoms with Crippen molar-refractivity contribution in [2.45, 2.75) is 12.6 Å². The summed E-state index contributed by atoms with van der Waals surface area (Å²) in [6, 6.07) is 7.21. The van der Waals surface area contributed by atoms with E-state index < -0.39 is 18.1 Å². The first-order chi connectivity index (χ1) is 6.74. The van der Waals surface area contributed by atoms with E-state index in [1.807, 2.05) is 12.1 Å².